The first kappa shape index (κ1) is 21.4. The van der Waals surface area contributed by atoms with E-state index < -0.39 is 23.1 Å². The number of rotatable bonds is 8. The molecule has 0 radical (unpaired) electrons. The van der Waals surface area contributed by atoms with Gasteiger partial charge >= 0.3 is 11.7 Å². The molecule has 0 aromatic carbocycles. The zero-order valence-corrected chi connectivity index (χ0v) is 16.9. The summed E-state index contributed by atoms with van der Waals surface area (Å²) < 4.78 is 6.91. The summed E-state index contributed by atoms with van der Waals surface area (Å²) >= 11 is 1.21. The van der Waals surface area contributed by atoms with Gasteiger partial charge in [0.2, 0.25) is 5.88 Å². The van der Waals surface area contributed by atoms with Gasteiger partial charge in [0.1, 0.15) is 10.6 Å². The van der Waals surface area contributed by atoms with Gasteiger partial charge in [0.05, 0.1) is 12.7 Å². The molecule has 0 spiro atoms. The van der Waals surface area contributed by atoms with Crippen LogP contribution in [0.4, 0.5) is 5.00 Å². The molecule has 0 atom stereocenters. The van der Waals surface area contributed by atoms with Gasteiger partial charge in [-0.1, -0.05) is 19.4 Å². The van der Waals surface area contributed by atoms with E-state index in [9.17, 15) is 19.5 Å². The third kappa shape index (κ3) is 4.14. The molecule has 2 heterocycles. The van der Waals surface area contributed by atoms with Crippen molar-refractivity contribution in [3.05, 3.63) is 55.6 Å². The number of esters is 1. The van der Waals surface area contributed by atoms with E-state index in [1.807, 2.05) is 6.92 Å². The molecule has 2 aromatic heterocycles. The standard InChI is InChI=1S/C19H23N3O5S/c1-5-7-9-22-17(24)13(16(23)21(8-6-2)19(22)26)10-20-15-14(18(25)27-4)12(3)11-28-15/h6,10-11,24H,2,5,7-9H2,1,3-4H3/b20-10+. The average Bonchev–Trinajstić information content (AvgIpc) is 3.05. The Kier molecular flexibility index (Phi) is 7.11. The molecule has 0 bridgehead atoms. The molecule has 0 aliphatic heterocycles. The SMILES string of the molecule is C=CCn1c(=O)c(/C=N/c2scc(C)c2C(=O)OC)c(O)n(CCCC)c1=O. The van der Waals surface area contributed by atoms with Crippen molar-refractivity contribution < 1.29 is 14.6 Å². The molecule has 0 fully saturated rings. The second kappa shape index (κ2) is 9.32. The van der Waals surface area contributed by atoms with E-state index in [0.29, 0.717) is 22.5 Å². The Balaban J connectivity index is 2.63. The Hall–Kier alpha value is -2.94. The van der Waals surface area contributed by atoms with Gasteiger partial charge in [-0.15, -0.1) is 17.9 Å². The third-order valence-electron chi connectivity index (χ3n) is 4.14. The van der Waals surface area contributed by atoms with Crippen LogP contribution in [0.15, 0.2) is 32.6 Å². The first-order valence-electron chi connectivity index (χ1n) is 8.75. The van der Waals surface area contributed by atoms with Crippen LogP contribution in [0.5, 0.6) is 5.88 Å². The van der Waals surface area contributed by atoms with Gasteiger partial charge in [0, 0.05) is 19.3 Å². The molecule has 0 amide bonds. The lowest BCUT2D eigenvalue weighted by molar-refractivity contribution is 0.0601. The number of nitrogens with zero attached hydrogens (tertiary/aromatic N) is 3. The van der Waals surface area contributed by atoms with Crippen LogP contribution in [-0.4, -0.2) is 33.5 Å². The number of carbonyl (C=O) groups excluding carboxylic acids is 1. The van der Waals surface area contributed by atoms with E-state index in [1.54, 1.807) is 12.3 Å². The fraction of sp³-hybridized carbons (Fsp3) is 0.368. The maximum Gasteiger partial charge on any atom is 0.341 e. The minimum Gasteiger partial charge on any atom is -0.494 e. The average molecular weight is 405 g/mol. The normalized spacial score (nSPS) is 11.1. The van der Waals surface area contributed by atoms with Crippen LogP contribution in [-0.2, 0) is 17.8 Å². The number of hydrogen-bond donors (Lipinski definition) is 1. The summed E-state index contributed by atoms with van der Waals surface area (Å²) in [5.74, 6) is -0.979. The molecule has 9 heteroatoms. The Labute approximate surface area is 166 Å². The highest BCUT2D eigenvalue weighted by Gasteiger charge is 2.19. The van der Waals surface area contributed by atoms with Crippen molar-refractivity contribution in [2.45, 2.75) is 39.8 Å². The molecule has 1 N–H and O–H groups in total. The molecule has 0 aliphatic rings. The summed E-state index contributed by atoms with van der Waals surface area (Å²) in [6, 6.07) is 0. The van der Waals surface area contributed by atoms with Crippen LogP contribution in [0, 0.1) is 6.92 Å². The number of aromatic nitrogens is 2. The van der Waals surface area contributed by atoms with Crippen LogP contribution in [0.25, 0.3) is 0 Å². The molecule has 0 unspecified atom stereocenters. The number of ether oxygens (including phenoxy) is 1. The van der Waals surface area contributed by atoms with E-state index in [2.05, 4.69) is 11.6 Å². The zero-order chi connectivity index (χ0) is 20.8. The second-order valence-corrected chi connectivity index (χ2v) is 6.94. The van der Waals surface area contributed by atoms with Crippen LogP contribution in [0.3, 0.4) is 0 Å². The van der Waals surface area contributed by atoms with Gasteiger partial charge in [-0.3, -0.25) is 13.9 Å². The lowest BCUT2D eigenvalue weighted by Gasteiger charge is -2.13. The number of methoxy groups -OCH3 is 1. The number of unbranched alkanes of at least 4 members (excludes halogenated alkanes) is 1. The van der Waals surface area contributed by atoms with E-state index in [0.717, 1.165) is 15.6 Å². The number of thiophene rings is 1. The number of allylic oxidation sites excluding steroid dienone is 1. The van der Waals surface area contributed by atoms with Crippen molar-refractivity contribution in [2.24, 2.45) is 4.99 Å². The number of hydrogen-bond acceptors (Lipinski definition) is 7. The largest absolute Gasteiger partial charge is 0.494 e. The highest BCUT2D eigenvalue weighted by molar-refractivity contribution is 7.14. The lowest BCUT2D eigenvalue weighted by Crippen LogP contribution is -2.41. The highest BCUT2D eigenvalue weighted by atomic mass is 32.1. The summed E-state index contributed by atoms with van der Waals surface area (Å²) in [4.78, 5) is 41.4. The number of carbonyl (C=O) groups is 1. The van der Waals surface area contributed by atoms with Gasteiger partial charge < -0.3 is 9.84 Å². The fourth-order valence-electron chi connectivity index (χ4n) is 2.63. The minimum absolute atomic E-state index is 0.0103. The Morgan fingerprint density at radius 3 is 2.71 bits per heavy atom. The van der Waals surface area contributed by atoms with E-state index in [4.69, 9.17) is 4.74 Å². The smallest absolute Gasteiger partial charge is 0.341 e. The van der Waals surface area contributed by atoms with Crippen LogP contribution < -0.4 is 11.2 Å². The van der Waals surface area contributed by atoms with Gasteiger partial charge in [0.25, 0.3) is 5.56 Å². The maximum absolute atomic E-state index is 12.7. The molecule has 2 rings (SSSR count). The van der Waals surface area contributed by atoms with Gasteiger partial charge in [-0.2, -0.15) is 0 Å². The van der Waals surface area contributed by atoms with E-state index in [-0.39, 0.29) is 18.7 Å². The van der Waals surface area contributed by atoms with Crippen LogP contribution >= 0.6 is 11.3 Å². The Bertz CT molecular complexity index is 1030. The Morgan fingerprint density at radius 1 is 1.39 bits per heavy atom. The van der Waals surface area contributed by atoms with Crippen molar-refractivity contribution in [3.63, 3.8) is 0 Å². The zero-order valence-electron chi connectivity index (χ0n) is 16.1. The molecule has 8 nitrogen and oxygen atoms in total. The summed E-state index contributed by atoms with van der Waals surface area (Å²) in [7, 11) is 1.27. The summed E-state index contributed by atoms with van der Waals surface area (Å²) in [6.45, 7) is 7.55. The predicted octanol–water partition coefficient (Wildman–Crippen LogP) is 2.61. The summed E-state index contributed by atoms with van der Waals surface area (Å²) in [6.07, 6.45) is 4.08. The van der Waals surface area contributed by atoms with Gasteiger partial charge in [-0.25, -0.2) is 14.6 Å². The quantitative estimate of drug-likeness (QED) is 0.413. The van der Waals surface area contributed by atoms with Crippen molar-refractivity contribution in [3.8, 4) is 5.88 Å². The number of aryl methyl sites for hydroxylation is 1. The second-order valence-electron chi connectivity index (χ2n) is 6.08. The predicted molar refractivity (Wildman–Crippen MR) is 109 cm³/mol. The van der Waals surface area contributed by atoms with Gasteiger partial charge in [-0.05, 0) is 24.3 Å². The van der Waals surface area contributed by atoms with Crippen molar-refractivity contribution in [1.82, 2.24) is 9.13 Å². The van der Waals surface area contributed by atoms with E-state index in [1.165, 1.54) is 30.7 Å². The molecule has 0 saturated heterocycles. The number of aliphatic imine (C=N–C) groups is 1. The molecular formula is C19H23N3O5S. The first-order chi connectivity index (χ1) is 13.4. The molecule has 0 aliphatic carbocycles. The fourth-order valence-corrected chi connectivity index (χ4v) is 3.51. The molecule has 28 heavy (non-hydrogen) atoms. The van der Waals surface area contributed by atoms with Crippen LogP contribution in [0.1, 0.15) is 41.3 Å². The monoisotopic (exact) mass is 405 g/mol. The minimum atomic E-state index is -0.674. The van der Waals surface area contributed by atoms with Crippen LogP contribution in [0.2, 0.25) is 0 Å². The van der Waals surface area contributed by atoms with E-state index >= 15 is 0 Å². The molecular weight excluding hydrogens is 382 g/mol. The maximum atomic E-state index is 12.7. The van der Waals surface area contributed by atoms with Gasteiger partial charge in [0.15, 0.2) is 0 Å². The molecule has 0 saturated carbocycles. The molecule has 150 valence electrons. The summed E-state index contributed by atoms with van der Waals surface area (Å²) in [5, 5.41) is 12.6. The van der Waals surface area contributed by atoms with Crippen molar-refractivity contribution in [2.75, 3.05) is 7.11 Å². The summed E-state index contributed by atoms with van der Waals surface area (Å²) in [5.41, 5.74) is -0.402. The topological polar surface area (TPSA) is 103 Å². The third-order valence-corrected chi connectivity index (χ3v) is 5.14. The lowest BCUT2D eigenvalue weighted by atomic mass is 10.2. The molecule has 2 aromatic rings. The van der Waals surface area contributed by atoms with Crippen molar-refractivity contribution in [1.29, 1.82) is 0 Å². The highest BCUT2D eigenvalue weighted by Crippen LogP contribution is 2.31. The van der Waals surface area contributed by atoms with Crippen molar-refractivity contribution >= 4 is 28.5 Å². The number of aromatic hydroxyl groups is 1. The first-order valence-corrected chi connectivity index (χ1v) is 9.63. The Morgan fingerprint density at radius 2 is 2.11 bits per heavy atom.